The van der Waals surface area contributed by atoms with Gasteiger partial charge in [-0.05, 0) is 18.1 Å². The van der Waals surface area contributed by atoms with E-state index in [0.29, 0.717) is 23.5 Å². The molecule has 0 saturated carbocycles. The Kier molecular flexibility index (Phi) is 4.76. The van der Waals surface area contributed by atoms with Crippen LogP contribution in [0.25, 0.3) is 0 Å². The average molecular weight is 268 g/mol. The molecule has 2 aromatic heterocycles. The van der Waals surface area contributed by atoms with Crippen LogP contribution >= 0.6 is 0 Å². The van der Waals surface area contributed by atoms with Gasteiger partial charge in [-0.3, -0.25) is 4.79 Å². The van der Waals surface area contributed by atoms with Gasteiger partial charge in [0.2, 0.25) is 0 Å². The van der Waals surface area contributed by atoms with Crippen molar-refractivity contribution in [3.05, 3.63) is 48.2 Å². The van der Waals surface area contributed by atoms with Crippen molar-refractivity contribution in [3.63, 3.8) is 0 Å². The molecule has 0 fully saturated rings. The quantitative estimate of drug-likeness (QED) is 0.806. The molecule has 0 spiro atoms. The molecule has 6 nitrogen and oxygen atoms in total. The molecule has 0 radical (unpaired) electrons. The lowest BCUT2D eigenvalue weighted by atomic mass is 10.3. The minimum atomic E-state index is -0.335. The Labute approximate surface area is 115 Å². The molecule has 0 atom stereocenters. The minimum absolute atomic E-state index is 0.0113. The van der Waals surface area contributed by atoms with E-state index in [9.17, 15) is 4.79 Å². The maximum absolute atomic E-state index is 11.9. The SMILES string of the molecule is O=C(Nc1cccc(C#CCCO)n1)c1cncnc1. The van der Waals surface area contributed by atoms with E-state index in [1.807, 2.05) is 0 Å². The second-order valence-corrected chi connectivity index (χ2v) is 3.76. The van der Waals surface area contributed by atoms with Crippen LogP contribution in [-0.4, -0.2) is 32.6 Å². The number of carbonyl (C=O) groups excluding carboxylic acids is 1. The summed E-state index contributed by atoms with van der Waals surface area (Å²) >= 11 is 0. The number of nitrogens with one attached hydrogen (secondary N) is 1. The molecule has 0 aromatic carbocycles. The summed E-state index contributed by atoms with van der Waals surface area (Å²) in [6.07, 6.45) is 4.59. The van der Waals surface area contributed by atoms with Crippen molar-refractivity contribution in [2.45, 2.75) is 6.42 Å². The molecule has 20 heavy (non-hydrogen) atoms. The summed E-state index contributed by atoms with van der Waals surface area (Å²) in [5, 5.41) is 11.3. The maximum atomic E-state index is 11.9. The Morgan fingerprint density at radius 1 is 1.30 bits per heavy atom. The van der Waals surface area contributed by atoms with Gasteiger partial charge in [-0.25, -0.2) is 15.0 Å². The van der Waals surface area contributed by atoms with Gasteiger partial charge >= 0.3 is 0 Å². The highest BCUT2D eigenvalue weighted by Crippen LogP contribution is 2.06. The summed E-state index contributed by atoms with van der Waals surface area (Å²) in [6.45, 7) is 0.0113. The minimum Gasteiger partial charge on any atom is -0.395 e. The largest absolute Gasteiger partial charge is 0.395 e. The molecule has 6 heteroatoms. The number of hydrogen-bond donors (Lipinski definition) is 2. The molecular formula is C14H12N4O2. The molecule has 2 aromatic rings. The van der Waals surface area contributed by atoms with Gasteiger partial charge in [0.1, 0.15) is 17.8 Å². The van der Waals surface area contributed by atoms with E-state index in [1.165, 1.54) is 18.7 Å². The Morgan fingerprint density at radius 2 is 2.10 bits per heavy atom. The molecule has 0 unspecified atom stereocenters. The lowest BCUT2D eigenvalue weighted by molar-refractivity contribution is 0.102. The average Bonchev–Trinajstić information content (AvgIpc) is 2.49. The van der Waals surface area contributed by atoms with Crippen LogP contribution in [0.4, 0.5) is 5.82 Å². The van der Waals surface area contributed by atoms with Crippen molar-refractivity contribution >= 4 is 11.7 Å². The van der Waals surface area contributed by atoms with Gasteiger partial charge in [0.25, 0.3) is 5.91 Å². The standard InChI is InChI=1S/C14H12N4O2/c19-7-2-1-4-12-5-3-6-13(17-12)18-14(20)11-8-15-10-16-9-11/h3,5-6,8-10,19H,2,7H2,(H,17,18,20). The Balaban J connectivity index is 2.09. The predicted octanol–water partition coefficient (Wildman–Crippen LogP) is 0.858. The maximum Gasteiger partial charge on any atom is 0.259 e. The molecular weight excluding hydrogens is 256 g/mol. The third kappa shape index (κ3) is 3.86. The number of pyridine rings is 1. The zero-order chi connectivity index (χ0) is 14.2. The highest BCUT2D eigenvalue weighted by molar-refractivity contribution is 6.03. The van der Waals surface area contributed by atoms with Crippen LogP contribution in [0.5, 0.6) is 0 Å². The summed E-state index contributed by atoms with van der Waals surface area (Å²) in [4.78, 5) is 23.6. The predicted molar refractivity (Wildman–Crippen MR) is 72.8 cm³/mol. The highest BCUT2D eigenvalue weighted by Gasteiger charge is 2.06. The van der Waals surface area contributed by atoms with E-state index in [-0.39, 0.29) is 12.5 Å². The van der Waals surface area contributed by atoms with Crippen molar-refractivity contribution in [2.24, 2.45) is 0 Å². The lowest BCUT2D eigenvalue weighted by Gasteiger charge is -2.03. The molecule has 1 amide bonds. The third-order valence-electron chi connectivity index (χ3n) is 2.27. The summed E-state index contributed by atoms with van der Waals surface area (Å²) in [5.41, 5.74) is 0.881. The fraction of sp³-hybridized carbons (Fsp3) is 0.143. The van der Waals surface area contributed by atoms with E-state index < -0.39 is 0 Å². The number of aliphatic hydroxyl groups excluding tert-OH is 1. The van der Waals surface area contributed by atoms with E-state index in [1.54, 1.807) is 18.2 Å². The molecule has 0 aliphatic heterocycles. The van der Waals surface area contributed by atoms with E-state index in [4.69, 9.17) is 5.11 Å². The zero-order valence-corrected chi connectivity index (χ0v) is 10.6. The Morgan fingerprint density at radius 3 is 2.85 bits per heavy atom. The molecule has 0 aliphatic carbocycles. The van der Waals surface area contributed by atoms with Crippen molar-refractivity contribution in [1.29, 1.82) is 0 Å². The molecule has 100 valence electrons. The van der Waals surface area contributed by atoms with Crippen molar-refractivity contribution in [1.82, 2.24) is 15.0 Å². The molecule has 0 saturated heterocycles. The number of hydrogen-bond acceptors (Lipinski definition) is 5. The topological polar surface area (TPSA) is 88.0 Å². The number of nitrogens with zero attached hydrogens (tertiary/aromatic N) is 3. The van der Waals surface area contributed by atoms with E-state index in [2.05, 4.69) is 32.1 Å². The zero-order valence-electron chi connectivity index (χ0n) is 10.6. The van der Waals surface area contributed by atoms with Crippen molar-refractivity contribution in [2.75, 3.05) is 11.9 Å². The first-order valence-corrected chi connectivity index (χ1v) is 5.93. The van der Waals surface area contributed by atoms with Crippen LogP contribution in [0.2, 0.25) is 0 Å². The first-order chi connectivity index (χ1) is 9.79. The van der Waals surface area contributed by atoms with Gasteiger partial charge in [-0.15, -0.1) is 0 Å². The van der Waals surface area contributed by atoms with Gasteiger partial charge in [0.05, 0.1) is 12.2 Å². The van der Waals surface area contributed by atoms with Gasteiger partial charge in [0, 0.05) is 18.8 Å². The Bertz CT molecular complexity index is 647. The molecule has 2 rings (SSSR count). The fourth-order valence-corrected chi connectivity index (χ4v) is 1.39. The van der Waals surface area contributed by atoms with Gasteiger partial charge < -0.3 is 10.4 Å². The number of carbonyl (C=O) groups is 1. The van der Waals surface area contributed by atoms with Crippen LogP contribution < -0.4 is 5.32 Å². The van der Waals surface area contributed by atoms with Crippen LogP contribution in [0.3, 0.4) is 0 Å². The number of amides is 1. The summed E-state index contributed by atoms with van der Waals surface area (Å²) in [7, 11) is 0. The van der Waals surface area contributed by atoms with Crippen LogP contribution in [0.1, 0.15) is 22.5 Å². The van der Waals surface area contributed by atoms with Crippen LogP contribution in [0, 0.1) is 11.8 Å². The first kappa shape index (κ1) is 13.6. The normalized spacial score (nSPS) is 9.45. The second-order valence-electron chi connectivity index (χ2n) is 3.76. The highest BCUT2D eigenvalue weighted by atomic mass is 16.2. The Hall–Kier alpha value is -2.78. The van der Waals surface area contributed by atoms with Gasteiger partial charge in [0.15, 0.2) is 0 Å². The van der Waals surface area contributed by atoms with E-state index >= 15 is 0 Å². The number of aromatic nitrogens is 3. The molecule has 0 aliphatic rings. The monoisotopic (exact) mass is 268 g/mol. The first-order valence-electron chi connectivity index (χ1n) is 5.93. The molecule has 2 N–H and O–H groups in total. The lowest BCUT2D eigenvalue weighted by Crippen LogP contribution is -2.13. The van der Waals surface area contributed by atoms with E-state index in [0.717, 1.165) is 0 Å². The number of rotatable bonds is 3. The third-order valence-corrected chi connectivity index (χ3v) is 2.27. The van der Waals surface area contributed by atoms with Crippen LogP contribution in [-0.2, 0) is 0 Å². The number of anilines is 1. The fourth-order valence-electron chi connectivity index (χ4n) is 1.39. The van der Waals surface area contributed by atoms with Gasteiger partial charge in [-0.2, -0.15) is 0 Å². The van der Waals surface area contributed by atoms with Gasteiger partial charge in [-0.1, -0.05) is 12.0 Å². The van der Waals surface area contributed by atoms with Crippen molar-refractivity contribution < 1.29 is 9.90 Å². The second kappa shape index (κ2) is 6.97. The van der Waals surface area contributed by atoms with Crippen molar-refractivity contribution in [3.8, 4) is 11.8 Å². The molecule has 0 bridgehead atoms. The summed E-state index contributed by atoms with van der Waals surface area (Å²) in [5.74, 6) is 5.63. The number of aliphatic hydroxyl groups is 1. The summed E-state index contributed by atoms with van der Waals surface area (Å²) in [6, 6.07) is 5.14. The summed E-state index contributed by atoms with van der Waals surface area (Å²) < 4.78 is 0. The molecule has 2 heterocycles. The van der Waals surface area contributed by atoms with Crippen LogP contribution in [0.15, 0.2) is 36.9 Å². The smallest absolute Gasteiger partial charge is 0.259 e.